The minimum atomic E-state index is -3.73. The van der Waals surface area contributed by atoms with E-state index in [4.69, 9.17) is 16.3 Å². The highest BCUT2D eigenvalue weighted by molar-refractivity contribution is 7.89. The molecule has 0 atom stereocenters. The summed E-state index contributed by atoms with van der Waals surface area (Å²) >= 11 is 6.06. The fourth-order valence-corrected chi connectivity index (χ4v) is 5.16. The summed E-state index contributed by atoms with van der Waals surface area (Å²) in [5.41, 5.74) is 0.806. The van der Waals surface area contributed by atoms with E-state index in [9.17, 15) is 16.8 Å². The van der Waals surface area contributed by atoms with Gasteiger partial charge in [0.05, 0.1) is 21.4 Å². The molecule has 2 rings (SSSR count). The molecule has 0 aliphatic heterocycles. The fourth-order valence-electron chi connectivity index (χ4n) is 2.55. The van der Waals surface area contributed by atoms with Crippen LogP contribution in [0, 0.1) is 0 Å². The Hall–Kier alpha value is -1.65. The molecule has 2 aromatic carbocycles. The van der Waals surface area contributed by atoms with E-state index in [2.05, 4.69) is 9.44 Å². The molecule has 0 aliphatic carbocycles. The summed E-state index contributed by atoms with van der Waals surface area (Å²) in [7, 11) is -7.28. The monoisotopic (exact) mass is 460 g/mol. The molecule has 0 saturated heterocycles. The van der Waals surface area contributed by atoms with Gasteiger partial charge in [-0.3, -0.25) is 0 Å². The molecule has 29 heavy (non-hydrogen) atoms. The van der Waals surface area contributed by atoms with Gasteiger partial charge in [-0.15, -0.1) is 0 Å². The number of sulfonamides is 2. The highest BCUT2D eigenvalue weighted by atomic mass is 35.5. The second-order valence-corrected chi connectivity index (χ2v) is 10.5. The second-order valence-electron chi connectivity index (χ2n) is 6.59. The zero-order chi connectivity index (χ0) is 21.7. The molecule has 0 fully saturated rings. The average molecular weight is 461 g/mol. The van der Waals surface area contributed by atoms with Crippen molar-refractivity contribution in [2.75, 3.05) is 13.2 Å². The SMILES string of the molecule is CCOc1ccc(S(=O)(=O)NCCc2ccc(S(=O)(=O)NC(C)C)cc2)cc1Cl. The van der Waals surface area contributed by atoms with Crippen molar-refractivity contribution in [3.63, 3.8) is 0 Å². The Balaban J connectivity index is 1.99. The highest BCUT2D eigenvalue weighted by Gasteiger charge is 2.17. The smallest absolute Gasteiger partial charge is 0.240 e. The van der Waals surface area contributed by atoms with Crippen molar-refractivity contribution in [3.05, 3.63) is 53.1 Å². The third-order valence-electron chi connectivity index (χ3n) is 3.84. The molecule has 0 aliphatic rings. The molecule has 0 heterocycles. The number of rotatable bonds is 10. The summed E-state index contributed by atoms with van der Waals surface area (Å²) < 4.78 is 59.5. The molecule has 0 bridgehead atoms. The maximum Gasteiger partial charge on any atom is 0.240 e. The Kier molecular flexibility index (Phi) is 8.07. The summed E-state index contributed by atoms with van der Waals surface area (Å²) in [5, 5.41) is 0.224. The third-order valence-corrected chi connectivity index (χ3v) is 7.27. The maximum atomic E-state index is 12.4. The largest absolute Gasteiger partial charge is 0.492 e. The lowest BCUT2D eigenvalue weighted by molar-refractivity contribution is 0.340. The van der Waals surface area contributed by atoms with E-state index in [1.54, 1.807) is 26.0 Å². The van der Waals surface area contributed by atoms with Gasteiger partial charge in [-0.1, -0.05) is 23.7 Å². The lowest BCUT2D eigenvalue weighted by Gasteiger charge is -2.11. The zero-order valence-corrected chi connectivity index (χ0v) is 18.9. The van der Waals surface area contributed by atoms with Crippen LogP contribution in [0.4, 0.5) is 0 Å². The first-order chi connectivity index (χ1) is 13.5. The summed E-state index contributed by atoms with van der Waals surface area (Å²) in [5.74, 6) is 0.426. The first-order valence-corrected chi connectivity index (χ1v) is 12.4. The van der Waals surface area contributed by atoms with Crippen LogP contribution in [0.15, 0.2) is 52.3 Å². The number of nitrogens with one attached hydrogen (secondary N) is 2. The molecular formula is C19H25ClN2O5S2. The van der Waals surface area contributed by atoms with Gasteiger partial charge in [0.1, 0.15) is 5.75 Å². The molecule has 0 unspecified atom stereocenters. The Morgan fingerprint density at radius 1 is 0.966 bits per heavy atom. The van der Waals surface area contributed by atoms with Gasteiger partial charge in [0, 0.05) is 12.6 Å². The van der Waals surface area contributed by atoms with Gasteiger partial charge >= 0.3 is 0 Å². The van der Waals surface area contributed by atoms with Crippen LogP contribution in [-0.4, -0.2) is 36.0 Å². The van der Waals surface area contributed by atoms with Crippen molar-refractivity contribution in [2.45, 2.75) is 43.0 Å². The molecule has 10 heteroatoms. The van der Waals surface area contributed by atoms with E-state index in [-0.39, 0.29) is 27.4 Å². The molecular weight excluding hydrogens is 436 g/mol. The Bertz CT molecular complexity index is 1040. The van der Waals surface area contributed by atoms with E-state index in [0.717, 1.165) is 5.56 Å². The number of halogens is 1. The lowest BCUT2D eigenvalue weighted by Crippen LogP contribution is -2.30. The molecule has 0 saturated carbocycles. The Labute approximate surface area is 177 Å². The van der Waals surface area contributed by atoms with E-state index in [0.29, 0.717) is 18.8 Å². The lowest BCUT2D eigenvalue weighted by atomic mass is 10.2. The van der Waals surface area contributed by atoms with Crippen LogP contribution in [0.25, 0.3) is 0 Å². The minimum absolute atomic E-state index is 0.0483. The van der Waals surface area contributed by atoms with Crippen molar-refractivity contribution in [2.24, 2.45) is 0 Å². The predicted octanol–water partition coefficient (Wildman–Crippen LogP) is 2.95. The predicted molar refractivity (Wildman–Crippen MR) is 113 cm³/mol. The van der Waals surface area contributed by atoms with Crippen LogP contribution in [0.3, 0.4) is 0 Å². The van der Waals surface area contributed by atoms with Gasteiger partial charge < -0.3 is 4.74 Å². The highest BCUT2D eigenvalue weighted by Crippen LogP contribution is 2.27. The minimum Gasteiger partial charge on any atom is -0.492 e. The van der Waals surface area contributed by atoms with Crippen molar-refractivity contribution in [3.8, 4) is 5.75 Å². The Morgan fingerprint density at radius 2 is 1.59 bits per heavy atom. The van der Waals surface area contributed by atoms with Crippen molar-refractivity contribution in [1.29, 1.82) is 0 Å². The molecule has 0 aromatic heterocycles. The van der Waals surface area contributed by atoms with Gasteiger partial charge in [-0.05, 0) is 63.1 Å². The van der Waals surface area contributed by atoms with Crippen molar-refractivity contribution < 1.29 is 21.6 Å². The third kappa shape index (κ3) is 6.68. The fraction of sp³-hybridized carbons (Fsp3) is 0.368. The molecule has 7 nitrogen and oxygen atoms in total. The first-order valence-electron chi connectivity index (χ1n) is 9.08. The second kappa shape index (κ2) is 9.90. The number of ether oxygens (including phenoxy) is 1. The standard InChI is InChI=1S/C19H25ClN2O5S2/c1-4-27-19-10-9-17(13-18(19)20)28(23,24)21-12-11-15-5-7-16(8-6-15)29(25,26)22-14(2)3/h5-10,13-14,21-22H,4,11-12H2,1-3H3. The van der Waals surface area contributed by atoms with Crippen LogP contribution in [-0.2, 0) is 26.5 Å². The molecule has 0 spiro atoms. The molecule has 0 amide bonds. The van der Waals surface area contributed by atoms with E-state index in [1.165, 1.54) is 30.3 Å². The average Bonchev–Trinajstić information content (AvgIpc) is 2.63. The van der Waals surface area contributed by atoms with Crippen molar-refractivity contribution in [1.82, 2.24) is 9.44 Å². The molecule has 160 valence electrons. The molecule has 0 radical (unpaired) electrons. The van der Waals surface area contributed by atoms with Crippen LogP contribution in [0.2, 0.25) is 5.02 Å². The van der Waals surface area contributed by atoms with E-state index in [1.807, 2.05) is 6.92 Å². The van der Waals surface area contributed by atoms with Crippen LogP contribution in [0.1, 0.15) is 26.3 Å². The van der Waals surface area contributed by atoms with Crippen LogP contribution < -0.4 is 14.2 Å². The Morgan fingerprint density at radius 3 is 2.14 bits per heavy atom. The van der Waals surface area contributed by atoms with Gasteiger partial charge in [0.2, 0.25) is 20.0 Å². The van der Waals surface area contributed by atoms with Crippen LogP contribution >= 0.6 is 11.6 Å². The number of hydrogen-bond acceptors (Lipinski definition) is 5. The van der Waals surface area contributed by atoms with Crippen molar-refractivity contribution >= 4 is 31.6 Å². The molecule has 2 N–H and O–H groups in total. The van der Waals surface area contributed by atoms with Crippen LogP contribution in [0.5, 0.6) is 5.75 Å². The first kappa shape index (κ1) is 23.6. The van der Waals surface area contributed by atoms with Gasteiger partial charge in [-0.2, -0.15) is 0 Å². The van der Waals surface area contributed by atoms with Gasteiger partial charge in [0.15, 0.2) is 0 Å². The maximum absolute atomic E-state index is 12.4. The number of benzene rings is 2. The number of hydrogen-bond donors (Lipinski definition) is 2. The zero-order valence-electron chi connectivity index (χ0n) is 16.5. The summed E-state index contributed by atoms with van der Waals surface area (Å²) in [4.78, 5) is 0.215. The van der Waals surface area contributed by atoms with Gasteiger partial charge in [0.25, 0.3) is 0 Å². The summed E-state index contributed by atoms with van der Waals surface area (Å²) in [6.45, 7) is 5.89. The van der Waals surface area contributed by atoms with E-state index >= 15 is 0 Å². The molecule has 2 aromatic rings. The normalized spacial score (nSPS) is 12.3. The summed E-state index contributed by atoms with van der Waals surface area (Å²) in [6, 6.07) is 10.4. The quantitative estimate of drug-likeness (QED) is 0.567. The van der Waals surface area contributed by atoms with E-state index < -0.39 is 20.0 Å². The summed E-state index contributed by atoms with van der Waals surface area (Å²) in [6.07, 6.45) is 0.405. The topological polar surface area (TPSA) is 102 Å². The van der Waals surface area contributed by atoms with Gasteiger partial charge in [-0.25, -0.2) is 26.3 Å².